The van der Waals surface area contributed by atoms with Crippen LogP contribution in [-0.4, -0.2) is 11.8 Å². The van der Waals surface area contributed by atoms with Crippen LogP contribution in [0.5, 0.6) is 5.75 Å². The van der Waals surface area contributed by atoms with Crippen molar-refractivity contribution in [3.8, 4) is 5.75 Å². The molecule has 2 nitrogen and oxygen atoms in total. The predicted molar refractivity (Wildman–Crippen MR) is 77.8 cm³/mol. The molecule has 0 spiro atoms. The largest absolute Gasteiger partial charge is 0.463 e. The Morgan fingerprint density at radius 3 is 2.67 bits per heavy atom. The smallest absolute Gasteiger partial charge is 0.341 e. The maximum Gasteiger partial charge on any atom is 0.341 e. The summed E-state index contributed by atoms with van der Waals surface area (Å²) in [4.78, 5) is 0. The third kappa shape index (κ3) is 4.03. The van der Waals surface area contributed by atoms with E-state index in [0.717, 1.165) is 23.3 Å². The molecule has 0 unspecified atom stereocenters. The Morgan fingerprint density at radius 2 is 2.00 bits per heavy atom. The molecule has 1 aromatic carbocycles. The van der Waals surface area contributed by atoms with Gasteiger partial charge in [-0.15, -0.1) is 33.2 Å². The molecule has 100 valence electrons. The molecule has 0 aromatic heterocycles. The zero-order chi connectivity index (χ0) is 13.4. The standard InChI is InChI=1S/C12H15Cl3O2Si/c1-12(2)16-8-10-7-9(3-4-11(10)17-12)5-6-18(13,14)15/h3-4,7H,5-6,8H2,1-2H3. The molecule has 0 aliphatic carbocycles. The van der Waals surface area contributed by atoms with Gasteiger partial charge in [0.15, 0.2) is 0 Å². The second-order valence-electron chi connectivity index (χ2n) is 4.85. The molecular weight excluding hydrogens is 311 g/mol. The second-order valence-corrected chi connectivity index (χ2v) is 14.1. The molecule has 0 saturated carbocycles. The van der Waals surface area contributed by atoms with Gasteiger partial charge >= 0.3 is 6.00 Å². The lowest BCUT2D eigenvalue weighted by molar-refractivity contribution is -0.180. The first-order valence-corrected chi connectivity index (χ1v) is 11.0. The zero-order valence-corrected chi connectivity index (χ0v) is 13.6. The van der Waals surface area contributed by atoms with Crippen molar-refractivity contribution in [2.24, 2.45) is 0 Å². The van der Waals surface area contributed by atoms with Gasteiger partial charge in [-0.1, -0.05) is 6.07 Å². The molecule has 1 aromatic rings. The van der Waals surface area contributed by atoms with Crippen LogP contribution in [0.1, 0.15) is 25.0 Å². The molecule has 0 bridgehead atoms. The Labute approximate surface area is 122 Å². The summed E-state index contributed by atoms with van der Waals surface area (Å²) in [6.07, 6.45) is 0.777. The van der Waals surface area contributed by atoms with Gasteiger partial charge in [-0.2, -0.15) is 0 Å². The van der Waals surface area contributed by atoms with Crippen LogP contribution in [0.3, 0.4) is 0 Å². The van der Waals surface area contributed by atoms with E-state index in [9.17, 15) is 0 Å². The van der Waals surface area contributed by atoms with E-state index in [4.69, 9.17) is 42.7 Å². The van der Waals surface area contributed by atoms with Gasteiger partial charge in [0.25, 0.3) is 0 Å². The Kier molecular flexibility index (Phi) is 4.19. The Bertz CT molecular complexity index is 443. The van der Waals surface area contributed by atoms with Crippen LogP contribution in [0.2, 0.25) is 6.04 Å². The number of aryl methyl sites for hydroxylation is 1. The highest BCUT2D eigenvalue weighted by Gasteiger charge is 2.28. The van der Waals surface area contributed by atoms with Crippen LogP contribution in [-0.2, 0) is 17.8 Å². The fourth-order valence-electron chi connectivity index (χ4n) is 1.83. The van der Waals surface area contributed by atoms with Gasteiger partial charge < -0.3 is 9.47 Å². The van der Waals surface area contributed by atoms with Gasteiger partial charge in [-0.25, -0.2) is 0 Å². The van der Waals surface area contributed by atoms with Crippen molar-refractivity contribution in [3.63, 3.8) is 0 Å². The van der Waals surface area contributed by atoms with Crippen LogP contribution in [0, 0.1) is 0 Å². The van der Waals surface area contributed by atoms with E-state index in [2.05, 4.69) is 6.07 Å². The second kappa shape index (κ2) is 5.21. The number of hydrogen-bond donors (Lipinski definition) is 0. The Hall–Kier alpha value is 0.0669. The van der Waals surface area contributed by atoms with Crippen molar-refractivity contribution < 1.29 is 9.47 Å². The minimum Gasteiger partial charge on any atom is -0.463 e. The quantitative estimate of drug-likeness (QED) is 0.600. The van der Waals surface area contributed by atoms with Crippen molar-refractivity contribution in [2.75, 3.05) is 0 Å². The molecule has 6 heteroatoms. The van der Waals surface area contributed by atoms with E-state index < -0.39 is 11.8 Å². The van der Waals surface area contributed by atoms with E-state index in [0.29, 0.717) is 12.7 Å². The summed E-state index contributed by atoms with van der Waals surface area (Å²) in [7, 11) is 0. The lowest BCUT2D eigenvalue weighted by atomic mass is 10.1. The topological polar surface area (TPSA) is 18.5 Å². The molecule has 0 fully saturated rings. The highest BCUT2D eigenvalue weighted by Crippen LogP contribution is 2.33. The number of rotatable bonds is 3. The SMILES string of the molecule is CC1(C)OCc2cc(CC[Si](Cl)(Cl)Cl)ccc2O1. The number of benzene rings is 1. The van der Waals surface area contributed by atoms with Gasteiger partial charge in [0, 0.05) is 19.4 Å². The van der Waals surface area contributed by atoms with Crippen LogP contribution in [0.15, 0.2) is 18.2 Å². The normalized spacial score (nSPS) is 18.1. The summed E-state index contributed by atoms with van der Waals surface area (Å²) >= 11 is 17.7. The highest BCUT2D eigenvalue weighted by molar-refractivity contribution is 7.64. The summed E-state index contributed by atoms with van der Waals surface area (Å²) in [5.41, 5.74) is 2.21. The van der Waals surface area contributed by atoms with Crippen molar-refractivity contribution in [3.05, 3.63) is 29.3 Å². The summed E-state index contributed by atoms with van der Waals surface area (Å²) in [6.45, 7) is 4.36. The maximum atomic E-state index is 5.88. The lowest BCUT2D eigenvalue weighted by Crippen LogP contribution is -2.35. The first kappa shape index (κ1) is 14.5. The number of hydrogen-bond acceptors (Lipinski definition) is 2. The van der Waals surface area contributed by atoms with E-state index in [1.807, 2.05) is 26.0 Å². The highest BCUT2D eigenvalue weighted by atomic mass is 35.8. The van der Waals surface area contributed by atoms with E-state index >= 15 is 0 Å². The van der Waals surface area contributed by atoms with Crippen molar-refractivity contribution in [1.29, 1.82) is 0 Å². The molecule has 0 atom stereocenters. The Morgan fingerprint density at radius 1 is 1.28 bits per heavy atom. The summed E-state index contributed by atoms with van der Waals surface area (Å²) in [5.74, 6) is 0.319. The van der Waals surface area contributed by atoms with E-state index in [1.54, 1.807) is 0 Å². The fourth-order valence-corrected chi connectivity index (χ4v) is 3.26. The number of halogens is 3. The van der Waals surface area contributed by atoms with Crippen LogP contribution in [0.25, 0.3) is 0 Å². The molecule has 2 rings (SSSR count). The van der Waals surface area contributed by atoms with Crippen molar-refractivity contribution >= 4 is 39.2 Å². The lowest BCUT2D eigenvalue weighted by Gasteiger charge is -2.32. The Balaban J connectivity index is 2.09. The van der Waals surface area contributed by atoms with Crippen LogP contribution >= 0.6 is 33.2 Å². The minimum absolute atomic E-state index is 0.557. The molecule has 1 aliphatic heterocycles. The van der Waals surface area contributed by atoms with Crippen molar-refractivity contribution in [1.82, 2.24) is 0 Å². The monoisotopic (exact) mass is 324 g/mol. The molecule has 1 aliphatic rings. The van der Waals surface area contributed by atoms with Gasteiger partial charge in [-0.3, -0.25) is 0 Å². The van der Waals surface area contributed by atoms with Gasteiger partial charge in [0.1, 0.15) is 5.75 Å². The zero-order valence-electron chi connectivity index (χ0n) is 10.3. The summed E-state index contributed by atoms with van der Waals surface area (Å²) in [6, 6.07) is 4.14. The minimum atomic E-state index is -2.54. The third-order valence-electron chi connectivity index (χ3n) is 2.75. The molecule has 0 radical (unpaired) electrons. The predicted octanol–water partition coefficient (Wildman–Crippen LogP) is 4.53. The maximum absolute atomic E-state index is 5.88. The number of fused-ring (bicyclic) bond motifs is 1. The first-order valence-electron chi connectivity index (χ1n) is 5.77. The molecule has 0 N–H and O–H groups in total. The molecule has 0 saturated heterocycles. The molecule has 18 heavy (non-hydrogen) atoms. The molecule has 1 heterocycles. The molecule has 0 amide bonds. The van der Waals surface area contributed by atoms with Gasteiger partial charge in [0.05, 0.1) is 6.61 Å². The average Bonchev–Trinajstić information content (AvgIpc) is 2.24. The summed E-state index contributed by atoms with van der Waals surface area (Å²) < 4.78 is 11.3. The fraction of sp³-hybridized carbons (Fsp3) is 0.500. The van der Waals surface area contributed by atoms with Crippen LogP contribution < -0.4 is 4.74 Å². The summed E-state index contributed by atoms with van der Waals surface area (Å²) in [5, 5.41) is 0. The van der Waals surface area contributed by atoms with E-state index in [-0.39, 0.29) is 0 Å². The van der Waals surface area contributed by atoms with Gasteiger partial charge in [0.2, 0.25) is 5.79 Å². The first-order chi connectivity index (χ1) is 8.25. The number of ether oxygens (including phenoxy) is 2. The van der Waals surface area contributed by atoms with E-state index in [1.165, 1.54) is 0 Å². The third-order valence-corrected chi connectivity index (χ3v) is 5.27. The van der Waals surface area contributed by atoms with Gasteiger partial charge in [-0.05, 0) is 30.2 Å². The average molecular weight is 326 g/mol. The van der Waals surface area contributed by atoms with Crippen LogP contribution in [0.4, 0.5) is 0 Å². The van der Waals surface area contributed by atoms with Crippen molar-refractivity contribution in [2.45, 2.75) is 38.7 Å². The molecular formula is C12H15Cl3O2Si.